The van der Waals surface area contributed by atoms with Gasteiger partial charge in [-0.25, -0.2) is 0 Å². The van der Waals surface area contributed by atoms with Crippen LogP contribution in [0.25, 0.3) is 98.5 Å². The number of furan rings is 1. The summed E-state index contributed by atoms with van der Waals surface area (Å²) in [5.74, 6) is 0. The molecule has 0 aliphatic heterocycles. The minimum absolute atomic E-state index is 0.896. The van der Waals surface area contributed by atoms with E-state index in [2.05, 4.69) is 167 Å². The molecule has 218 valence electrons. The van der Waals surface area contributed by atoms with Gasteiger partial charge < -0.3 is 13.6 Å². The number of hydrogen-bond acceptors (Lipinski definition) is 1. The number of nitrogens with zero attached hydrogens (tertiary/aromatic N) is 2. The topological polar surface area (TPSA) is 23.0 Å². The van der Waals surface area contributed by atoms with Crippen molar-refractivity contribution in [3.63, 3.8) is 0 Å². The number of para-hydroxylation sites is 3. The van der Waals surface area contributed by atoms with Crippen LogP contribution in [0.15, 0.2) is 162 Å². The summed E-state index contributed by atoms with van der Waals surface area (Å²) in [5, 5.41) is 12.1. The highest BCUT2D eigenvalue weighted by molar-refractivity contribution is 6.30. The molecule has 0 saturated carbocycles. The van der Waals surface area contributed by atoms with Crippen LogP contribution >= 0.6 is 0 Å². The molecule has 0 amide bonds. The lowest BCUT2D eigenvalue weighted by molar-refractivity contribution is 0.669. The molecule has 0 spiro atoms. The average molecular weight is 599 g/mol. The molecule has 47 heavy (non-hydrogen) atoms. The Morgan fingerprint density at radius 3 is 1.81 bits per heavy atom. The van der Waals surface area contributed by atoms with Crippen LogP contribution < -0.4 is 0 Å². The maximum absolute atomic E-state index is 6.52. The SMILES string of the molecule is c1ccc(-n2c3ccccc3c3ccc4c5ccc6oc7ccccc7c6c5n(-c5cc6ccccc6c6ccccc56)c4c32)cc1. The van der Waals surface area contributed by atoms with Crippen molar-refractivity contribution < 1.29 is 4.42 Å². The van der Waals surface area contributed by atoms with Crippen LogP contribution in [0, 0.1) is 0 Å². The second-order valence-electron chi connectivity index (χ2n) is 12.5. The highest BCUT2D eigenvalue weighted by atomic mass is 16.3. The summed E-state index contributed by atoms with van der Waals surface area (Å²) in [6.07, 6.45) is 0. The van der Waals surface area contributed by atoms with Crippen molar-refractivity contribution >= 4 is 87.1 Å². The molecule has 11 rings (SSSR count). The number of hydrogen-bond donors (Lipinski definition) is 0. The molecule has 0 fully saturated rings. The van der Waals surface area contributed by atoms with Gasteiger partial charge in [0.15, 0.2) is 0 Å². The van der Waals surface area contributed by atoms with Gasteiger partial charge in [-0.3, -0.25) is 0 Å². The molecule has 0 aliphatic carbocycles. The van der Waals surface area contributed by atoms with Crippen LogP contribution in [0.1, 0.15) is 0 Å². The summed E-state index contributed by atoms with van der Waals surface area (Å²) >= 11 is 0. The van der Waals surface area contributed by atoms with Crippen molar-refractivity contribution in [2.24, 2.45) is 0 Å². The van der Waals surface area contributed by atoms with E-state index < -0.39 is 0 Å². The second-order valence-corrected chi connectivity index (χ2v) is 12.5. The fraction of sp³-hybridized carbons (Fsp3) is 0. The van der Waals surface area contributed by atoms with Gasteiger partial charge >= 0.3 is 0 Å². The molecule has 3 heteroatoms. The Balaban J connectivity index is 1.48. The first-order chi connectivity index (χ1) is 23.3. The van der Waals surface area contributed by atoms with Gasteiger partial charge in [-0.15, -0.1) is 0 Å². The molecule has 0 atom stereocenters. The number of fused-ring (bicyclic) bond motifs is 14. The van der Waals surface area contributed by atoms with Gasteiger partial charge in [-0.1, -0.05) is 115 Å². The zero-order valence-electron chi connectivity index (χ0n) is 25.3. The summed E-state index contributed by atoms with van der Waals surface area (Å²) in [5.41, 5.74) is 8.85. The van der Waals surface area contributed by atoms with Crippen molar-refractivity contribution in [2.45, 2.75) is 0 Å². The van der Waals surface area contributed by atoms with Crippen molar-refractivity contribution in [1.82, 2.24) is 9.13 Å². The van der Waals surface area contributed by atoms with Crippen LogP contribution in [0.3, 0.4) is 0 Å². The van der Waals surface area contributed by atoms with E-state index in [0.29, 0.717) is 0 Å². The van der Waals surface area contributed by atoms with E-state index in [4.69, 9.17) is 4.42 Å². The van der Waals surface area contributed by atoms with E-state index in [9.17, 15) is 0 Å². The van der Waals surface area contributed by atoms with Crippen LogP contribution in [0.5, 0.6) is 0 Å². The number of aromatic nitrogens is 2. The Labute approximate surface area is 269 Å². The predicted octanol–water partition coefficient (Wildman–Crippen LogP) is 12.1. The fourth-order valence-electron chi connectivity index (χ4n) is 8.15. The van der Waals surface area contributed by atoms with E-state index in [0.717, 1.165) is 33.3 Å². The Kier molecular flexibility index (Phi) is 4.84. The fourth-order valence-corrected chi connectivity index (χ4v) is 8.15. The van der Waals surface area contributed by atoms with E-state index >= 15 is 0 Å². The van der Waals surface area contributed by atoms with Gasteiger partial charge in [0.1, 0.15) is 11.2 Å². The monoisotopic (exact) mass is 598 g/mol. The molecular weight excluding hydrogens is 572 g/mol. The summed E-state index contributed by atoms with van der Waals surface area (Å²) in [6, 6.07) is 57.0. The van der Waals surface area contributed by atoms with Crippen molar-refractivity contribution in [2.75, 3.05) is 0 Å². The van der Waals surface area contributed by atoms with E-state index in [1.807, 2.05) is 0 Å². The van der Waals surface area contributed by atoms with Crippen molar-refractivity contribution in [3.8, 4) is 11.4 Å². The quantitative estimate of drug-likeness (QED) is 0.182. The molecule has 0 aliphatic rings. The smallest absolute Gasteiger partial charge is 0.137 e. The lowest BCUT2D eigenvalue weighted by atomic mass is 10.00. The van der Waals surface area contributed by atoms with Gasteiger partial charge in [0.05, 0.1) is 33.1 Å². The highest BCUT2D eigenvalue weighted by Crippen LogP contribution is 2.46. The Morgan fingerprint density at radius 2 is 0.957 bits per heavy atom. The maximum Gasteiger partial charge on any atom is 0.137 e. The van der Waals surface area contributed by atoms with E-state index in [1.54, 1.807) is 0 Å². The van der Waals surface area contributed by atoms with Crippen LogP contribution in [-0.4, -0.2) is 9.13 Å². The Hall–Kier alpha value is -6.32. The number of rotatable bonds is 2. The lowest BCUT2D eigenvalue weighted by Gasteiger charge is -2.16. The molecule has 3 heterocycles. The summed E-state index contributed by atoms with van der Waals surface area (Å²) in [4.78, 5) is 0. The van der Waals surface area contributed by atoms with Gasteiger partial charge in [0, 0.05) is 38.0 Å². The Bertz CT molecular complexity index is 3070. The lowest BCUT2D eigenvalue weighted by Crippen LogP contribution is -2.00. The largest absolute Gasteiger partial charge is 0.456 e. The third kappa shape index (κ3) is 3.25. The maximum atomic E-state index is 6.52. The summed E-state index contributed by atoms with van der Waals surface area (Å²) in [7, 11) is 0. The van der Waals surface area contributed by atoms with Crippen molar-refractivity contribution in [3.05, 3.63) is 158 Å². The standard InChI is InChI=1S/C44H26N2O/c1-2-13-28(14-3-1)45-37-20-10-8-18-32(37)33-22-23-35-34-24-25-40-41(36-19-9-11-21-39(36)47-40)42(34)46(44(35)43(33)45)38-26-27-12-4-5-15-29(27)30-16-6-7-17-31(30)38/h1-26H. The molecule has 8 aromatic carbocycles. The molecule has 0 radical (unpaired) electrons. The van der Waals surface area contributed by atoms with Gasteiger partial charge in [0.25, 0.3) is 0 Å². The third-order valence-electron chi connectivity index (χ3n) is 10.1. The highest BCUT2D eigenvalue weighted by Gasteiger charge is 2.25. The molecule has 3 nitrogen and oxygen atoms in total. The van der Waals surface area contributed by atoms with Crippen LogP contribution in [-0.2, 0) is 0 Å². The second kappa shape index (κ2) is 9.12. The molecule has 0 N–H and O–H groups in total. The van der Waals surface area contributed by atoms with Crippen molar-refractivity contribution in [1.29, 1.82) is 0 Å². The summed E-state index contributed by atoms with van der Waals surface area (Å²) < 4.78 is 11.5. The molecule has 0 unspecified atom stereocenters. The van der Waals surface area contributed by atoms with Gasteiger partial charge in [-0.2, -0.15) is 0 Å². The zero-order valence-corrected chi connectivity index (χ0v) is 25.3. The first kappa shape index (κ1) is 24.9. The number of benzene rings is 8. The molecule has 0 saturated heterocycles. The molecular formula is C44H26N2O. The first-order valence-corrected chi connectivity index (χ1v) is 16.1. The molecule has 11 aromatic rings. The predicted molar refractivity (Wildman–Crippen MR) is 197 cm³/mol. The molecule has 0 bridgehead atoms. The minimum atomic E-state index is 0.896. The van der Waals surface area contributed by atoms with Crippen LogP contribution in [0.2, 0.25) is 0 Å². The van der Waals surface area contributed by atoms with Gasteiger partial charge in [-0.05, 0) is 58.6 Å². The molecule has 3 aromatic heterocycles. The van der Waals surface area contributed by atoms with E-state index in [1.165, 1.54) is 65.2 Å². The third-order valence-corrected chi connectivity index (χ3v) is 10.1. The Morgan fingerprint density at radius 1 is 0.362 bits per heavy atom. The van der Waals surface area contributed by atoms with E-state index in [-0.39, 0.29) is 0 Å². The first-order valence-electron chi connectivity index (χ1n) is 16.1. The summed E-state index contributed by atoms with van der Waals surface area (Å²) in [6.45, 7) is 0. The minimum Gasteiger partial charge on any atom is -0.456 e. The van der Waals surface area contributed by atoms with Gasteiger partial charge in [0.2, 0.25) is 0 Å². The average Bonchev–Trinajstić information content (AvgIpc) is 3.79. The zero-order chi connectivity index (χ0) is 30.6. The van der Waals surface area contributed by atoms with Crippen LogP contribution in [0.4, 0.5) is 0 Å². The normalized spacial score (nSPS) is 12.3.